The number of hydrogen-bond acceptors (Lipinski definition) is 5. The predicted octanol–water partition coefficient (Wildman–Crippen LogP) is 5.66. The lowest BCUT2D eigenvalue weighted by molar-refractivity contribution is -0.137. The molecule has 1 fully saturated rings. The number of carboxylic acid groups (broad SMARTS) is 2. The SMILES string of the molecule is O=C(O)CCCCC(CCc1ccccc1OCCCN1CCCCC1)Oc1ccc(C(=O)O)cc1. The van der Waals surface area contributed by atoms with Gasteiger partial charge in [0.25, 0.3) is 0 Å². The van der Waals surface area contributed by atoms with Crippen LogP contribution in [0.2, 0.25) is 0 Å². The van der Waals surface area contributed by atoms with Gasteiger partial charge in [-0.25, -0.2) is 4.79 Å². The van der Waals surface area contributed by atoms with Gasteiger partial charge in [0.1, 0.15) is 11.5 Å². The molecule has 1 saturated heterocycles. The Balaban J connectivity index is 1.53. The molecular formula is C29H39NO6. The molecule has 0 saturated carbocycles. The zero-order valence-corrected chi connectivity index (χ0v) is 21.1. The summed E-state index contributed by atoms with van der Waals surface area (Å²) in [5.41, 5.74) is 1.35. The summed E-state index contributed by atoms with van der Waals surface area (Å²) in [6.07, 6.45) is 8.60. The van der Waals surface area contributed by atoms with Gasteiger partial charge in [-0.05, 0) is 100 Å². The maximum absolute atomic E-state index is 11.1. The maximum atomic E-state index is 11.1. The minimum absolute atomic E-state index is 0.110. The normalized spacial score (nSPS) is 14.8. The zero-order valence-electron chi connectivity index (χ0n) is 21.1. The summed E-state index contributed by atoms with van der Waals surface area (Å²) < 4.78 is 12.3. The molecule has 1 unspecified atom stereocenters. The molecule has 0 amide bonds. The molecule has 7 heteroatoms. The number of hydrogen-bond donors (Lipinski definition) is 2. The molecule has 196 valence electrons. The fourth-order valence-corrected chi connectivity index (χ4v) is 4.60. The van der Waals surface area contributed by atoms with E-state index < -0.39 is 11.9 Å². The highest BCUT2D eigenvalue weighted by atomic mass is 16.5. The lowest BCUT2D eigenvalue weighted by Crippen LogP contribution is -2.31. The molecule has 0 aliphatic carbocycles. The van der Waals surface area contributed by atoms with Gasteiger partial charge >= 0.3 is 11.9 Å². The summed E-state index contributed by atoms with van der Waals surface area (Å²) in [6.45, 7) is 4.17. The molecule has 1 heterocycles. The van der Waals surface area contributed by atoms with Gasteiger partial charge in [0.05, 0.1) is 18.3 Å². The number of carboxylic acids is 2. The summed E-state index contributed by atoms with van der Waals surface area (Å²) in [6, 6.07) is 14.5. The van der Waals surface area contributed by atoms with E-state index in [-0.39, 0.29) is 18.1 Å². The largest absolute Gasteiger partial charge is 0.493 e. The van der Waals surface area contributed by atoms with Crippen LogP contribution in [-0.2, 0) is 11.2 Å². The Bertz CT molecular complexity index is 939. The van der Waals surface area contributed by atoms with Gasteiger partial charge in [0.15, 0.2) is 0 Å². The Labute approximate surface area is 214 Å². The minimum Gasteiger partial charge on any atom is -0.493 e. The van der Waals surface area contributed by atoms with E-state index in [1.807, 2.05) is 18.2 Å². The smallest absolute Gasteiger partial charge is 0.335 e. The number of piperidine rings is 1. The molecule has 7 nitrogen and oxygen atoms in total. The second-order valence-corrected chi connectivity index (χ2v) is 9.46. The average molecular weight is 498 g/mol. The van der Waals surface area contributed by atoms with Crippen LogP contribution in [0.4, 0.5) is 0 Å². The Hall–Kier alpha value is -3.06. The van der Waals surface area contributed by atoms with Crippen molar-refractivity contribution in [3.63, 3.8) is 0 Å². The Kier molecular flexibility index (Phi) is 11.6. The molecule has 2 aromatic rings. The van der Waals surface area contributed by atoms with E-state index >= 15 is 0 Å². The first-order chi connectivity index (χ1) is 17.5. The fourth-order valence-electron chi connectivity index (χ4n) is 4.60. The summed E-state index contributed by atoms with van der Waals surface area (Å²) in [5, 5.41) is 18.1. The van der Waals surface area contributed by atoms with Crippen molar-refractivity contribution in [2.75, 3.05) is 26.2 Å². The molecule has 36 heavy (non-hydrogen) atoms. The van der Waals surface area contributed by atoms with Gasteiger partial charge in [0.2, 0.25) is 0 Å². The topological polar surface area (TPSA) is 96.3 Å². The number of ether oxygens (including phenoxy) is 2. The highest BCUT2D eigenvalue weighted by Gasteiger charge is 2.15. The first-order valence-electron chi connectivity index (χ1n) is 13.2. The zero-order chi connectivity index (χ0) is 25.6. The summed E-state index contributed by atoms with van der Waals surface area (Å²) in [4.78, 5) is 24.5. The van der Waals surface area contributed by atoms with Crippen molar-refractivity contribution in [1.29, 1.82) is 0 Å². The van der Waals surface area contributed by atoms with Gasteiger partial charge < -0.3 is 24.6 Å². The number of rotatable bonds is 16. The summed E-state index contributed by atoms with van der Waals surface area (Å²) >= 11 is 0. The molecule has 0 aromatic heterocycles. The standard InChI is InChI=1S/C29H39NO6/c31-28(32)12-5-3-10-25(36-26-17-14-24(15-18-26)29(33)34)16-13-23-9-2-4-11-27(23)35-22-8-21-30-19-6-1-7-20-30/h2,4,9,11,14-15,17-18,25H,1,3,5-8,10,12-13,16,19-22H2,(H,31,32)(H,33,34). The molecule has 1 aliphatic heterocycles. The van der Waals surface area contributed by atoms with E-state index in [1.165, 1.54) is 44.5 Å². The third-order valence-corrected chi connectivity index (χ3v) is 6.60. The first kappa shape index (κ1) is 27.5. The van der Waals surface area contributed by atoms with E-state index in [0.717, 1.165) is 50.0 Å². The number of unbranched alkanes of at least 4 members (excludes halogenated alkanes) is 1. The number of aryl methyl sites for hydroxylation is 1. The lowest BCUT2D eigenvalue weighted by atomic mass is 10.0. The van der Waals surface area contributed by atoms with E-state index in [1.54, 1.807) is 12.1 Å². The minimum atomic E-state index is -0.973. The molecular weight excluding hydrogens is 458 g/mol. The summed E-state index contributed by atoms with van der Waals surface area (Å²) in [7, 11) is 0. The number of nitrogens with zero attached hydrogens (tertiary/aromatic N) is 1. The Morgan fingerprint density at radius 1 is 0.889 bits per heavy atom. The predicted molar refractivity (Wildman–Crippen MR) is 139 cm³/mol. The third-order valence-electron chi connectivity index (χ3n) is 6.60. The number of benzene rings is 2. The van der Waals surface area contributed by atoms with E-state index in [0.29, 0.717) is 18.8 Å². The van der Waals surface area contributed by atoms with E-state index in [4.69, 9.17) is 19.7 Å². The van der Waals surface area contributed by atoms with Crippen LogP contribution in [-0.4, -0.2) is 59.4 Å². The van der Waals surface area contributed by atoms with Gasteiger partial charge in [-0.15, -0.1) is 0 Å². The Morgan fingerprint density at radius 2 is 1.64 bits per heavy atom. The van der Waals surface area contributed by atoms with Crippen LogP contribution < -0.4 is 9.47 Å². The van der Waals surface area contributed by atoms with Crippen LogP contribution in [0, 0.1) is 0 Å². The Morgan fingerprint density at radius 3 is 2.36 bits per heavy atom. The highest BCUT2D eigenvalue weighted by molar-refractivity contribution is 5.87. The van der Waals surface area contributed by atoms with Crippen molar-refractivity contribution in [2.24, 2.45) is 0 Å². The van der Waals surface area contributed by atoms with Crippen LogP contribution in [0.5, 0.6) is 11.5 Å². The fraction of sp³-hybridized carbons (Fsp3) is 0.517. The van der Waals surface area contributed by atoms with Crippen LogP contribution in [0.15, 0.2) is 48.5 Å². The maximum Gasteiger partial charge on any atom is 0.335 e. The van der Waals surface area contributed by atoms with Gasteiger partial charge in [-0.3, -0.25) is 4.79 Å². The molecule has 0 spiro atoms. The monoisotopic (exact) mass is 497 g/mol. The van der Waals surface area contributed by atoms with Crippen LogP contribution in [0.25, 0.3) is 0 Å². The van der Waals surface area contributed by atoms with E-state index in [9.17, 15) is 9.59 Å². The highest BCUT2D eigenvalue weighted by Crippen LogP contribution is 2.24. The molecule has 2 aromatic carbocycles. The van der Waals surface area contributed by atoms with E-state index in [2.05, 4.69) is 11.0 Å². The number of likely N-dealkylation sites (tertiary alicyclic amines) is 1. The van der Waals surface area contributed by atoms with Crippen LogP contribution >= 0.6 is 0 Å². The average Bonchev–Trinajstić information content (AvgIpc) is 2.89. The van der Waals surface area contributed by atoms with Crippen molar-refractivity contribution < 1.29 is 29.3 Å². The number of carbonyl (C=O) groups is 2. The number of aromatic carboxylic acids is 1. The third kappa shape index (κ3) is 9.90. The van der Waals surface area contributed by atoms with Crippen LogP contribution in [0.1, 0.15) is 73.7 Å². The second-order valence-electron chi connectivity index (χ2n) is 9.46. The van der Waals surface area contributed by atoms with Gasteiger partial charge in [-0.1, -0.05) is 24.6 Å². The van der Waals surface area contributed by atoms with Crippen molar-refractivity contribution in [3.8, 4) is 11.5 Å². The molecule has 2 N–H and O–H groups in total. The van der Waals surface area contributed by atoms with Gasteiger partial charge in [0, 0.05) is 13.0 Å². The van der Waals surface area contributed by atoms with Crippen molar-refractivity contribution in [3.05, 3.63) is 59.7 Å². The molecule has 1 atom stereocenters. The number of aliphatic carboxylic acids is 1. The summed E-state index contributed by atoms with van der Waals surface area (Å²) in [5.74, 6) is -0.237. The van der Waals surface area contributed by atoms with Crippen molar-refractivity contribution in [1.82, 2.24) is 4.90 Å². The molecule has 3 rings (SSSR count). The van der Waals surface area contributed by atoms with Crippen molar-refractivity contribution >= 4 is 11.9 Å². The first-order valence-corrected chi connectivity index (χ1v) is 13.2. The van der Waals surface area contributed by atoms with Gasteiger partial charge in [-0.2, -0.15) is 0 Å². The van der Waals surface area contributed by atoms with Crippen LogP contribution in [0.3, 0.4) is 0 Å². The quantitative estimate of drug-likeness (QED) is 0.289. The molecule has 0 bridgehead atoms. The molecule has 1 aliphatic rings. The second kappa shape index (κ2) is 15.1. The number of para-hydroxylation sites is 1. The van der Waals surface area contributed by atoms with Crippen molar-refractivity contribution in [2.45, 2.75) is 70.3 Å². The lowest BCUT2D eigenvalue weighted by Gasteiger charge is -2.26. The molecule has 0 radical (unpaired) electrons.